The normalized spacial score (nSPS) is 18.4. The minimum Gasteiger partial charge on any atom is -0.309 e. The highest BCUT2D eigenvalue weighted by Crippen LogP contribution is 2.39. The summed E-state index contributed by atoms with van der Waals surface area (Å²) in [7, 11) is 0. The molecule has 0 bridgehead atoms. The van der Waals surface area contributed by atoms with Crippen LogP contribution >= 0.6 is 0 Å². The van der Waals surface area contributed by atoms with Crippen LogP contribution in [0.2, 0.25) is 0 Å². The number of rotatable bonds is 6. The molecule has 0 atom stereocenters. The lowest BCUT2D eigenvalue weighted by molar-refractivity contribution is 0.156. The van der Waals surface area contributed by atoms with Gasteiger partial charge in [-0.05, 0) is 24.7 Å². The van der Waals surface area contributed by atoms with Gasteiger partial charge in [-0.1, -0.05) is 20.3 Å². The van der Waals surface area contributed by atoms with E-state index in [1.807, 2.05) is 4.68 Å². The number of nitrogens with zero attached hydrogens (tertiary/aromatic N) is 3. The van der Waals surface area contributed by atoms with Gasteiger partial charge in [0.2, 0.25) is 0 Å². The molecule has 1 fully saturated rings. The molecule has 4 heteroatoms. The molecule has 0 aliphatic heterocycles. The van der Waals surface area contributed by atoms with E-state index in [9.17, 15) is 0 Å². The fraction of sp³-hybridized carbons (Fsp3) is 0.833. The van der Waals surface area contributed by atoms with E-state index in [-0.39, 0.29) is 0 Å². The van der Waals surface area contributed by atoms with Crippen LogP contribution in [0.4, 0.5) is 0 Å². The van der Waals surface area contributed by atoms with Crippen molar-refractivity contribution in [3.63, 3.8) is 0 Å². The molecule has 0 unspecified atom stereocenters. The topological polar surface area (TPSA) is 42.7 Å². The van der Waals surface area contributed by atoms with E-state index < -0.39 is 0 Å². The Labute approximate surface area is 97.5 Å². The first kappa shape index (κ1) is 11.6. The molecule has 1 saturated carbocycles. The lowest BCUT2D eigenvalue weighted by atomic mass is 9.70. The van der Waals surface area contributed by atoms with Crippen LogP contribution in [0.1, 0.15) is 45.4 Å². The molecule has 0 radical (unpaired) electrons. The second-order valence-electron chi connectivity index (χ2n) is 5.17. The molecule has 1 aliphatic carbocycles. The van der Waals surface area contributed by atoms with Gasteiger partial charge in [-0.15, -0.1) is 0 Å². The molecule has 1 aromatic rings. The highest BCUT2D eigenvalue weighted by Gasteiger charge is 2.30. The third-order valence-corrected chi connectivity index (χ3v) is 3.53. The third-order valence-electron chi connectivity index (χ3n) is 3.53. The molecule has 2 rings (SSSR count). The van der Waals surface area contributed by atoms with Gasteiger partial charge in [-0.3, -0.25) is 0 Å². The van der Waals surface area contributed by atoms with Crippen molar-refractivity contribution in [1.82, 2.24) is 20.1 Å². The Kier molecular flexibility index (Phi) is 3.59. The van der Waals surface area contributed by atoms with E-state index in [1.54, 1.807) is 6.33 Å². The summed E-state index contributed by atoms with van der Waals surface area (Å²) < 4.78 is 2.00. The Morgan fingerprint density at radius 3 is 2.94 bits per heavy atom. The molecule has 16 heavy (non-hydrogen) atoms. The molecule has 0 spiro atoms. The Balaban J connectivity index is 1.78. The molecular formula is C12H22N4. The summed E-state index contributed by atoms with van der Waals surface area (Å²) in [5, 5.41) is 7.73. The second-order valence-corrected chi connectivity index (χ2v) is 5.17. The van der Waals surface area contributed by atoms with Crippen molar-refractivity contribution in [2.24, 2.45) is 5.41 Å². The summed E-state index contributed by atoms with van der Waals surface area (Å²) in [6.07, 6.45) is 6.87. The molecule has 4 nitrogen and oxygen atoms in total. The molecule has 1 N–H and O–H groups in total. The predicted molar refractivity (Wildman–Crippen MR) is 64.0 cm³/mol. The highest BCUT2D eigenvalue weighted by molar-refractivity contribution is 4.88. The fourth-order valence-corrected chi connectivity index (χ4v) is 2.26. The van der Waals surface area contributed by atoms with Crippen molar-refractivity contribution < 1.29 is 0 Å². The number of nitrogens with one attached hydrogen (secondary N) is 1. The number of hydrogen-bond acceptors (Lipinski definition) is 3. The van der Waals surface area contributed by atoms with Crippen molar-refractivity contribution in [3.05, 3.63) is 12.2 Å². The fourth-order valence-electron chi connectivity index (χ4n) is 2.26. The van der Waals surface area contributed by atoms with E-state index in [0.29, 0.717) is 5.41 Å². The van der Waals surface area contributed by atoms with E-state index in [2.05, 4.69) is 29.2 Å². The van der Waals surface area contributed by atoms with Gasteiger partial charge in [0.15, 0.2) is 0 Å². The van der Waals surface area contributed by atoms with Crippen molar-refractivity contribution in [1.29, 1.82) is 0 Å². The maximum Gasteiger partial charge on any atom is 0.140 e. The number of aromatic nitrogens is 3. The van der Waals surface area contributed by atoms with Crippen LogP contribution in [-0.4, -0.2) is 21.3 Å². The zero-order chi connectivity index (χ0) is 11.4. The van der Waals surface area contributed by atoms with Gasteiger partial charge in [-0.2, -0.15) is 5.10 Å². The summed E-state index contributed by atoms with van der Waals surface area (Å²) >= 11 is 0. The standard InChI is InChI=1S/C12H22N4/c1-3-7-16-11(14-10-15-16)8-13-9-12(2)5-4-6-12/h10,13H,3-9H2,1-2H3. The summed E-state index contributed by atoms with van der Waals surface area (Å²) in [5.74, 6) is 1.06. The maximum atomic E-state index is 4.29. The van der Waals surface area contributed by atoms with E-state index >= 15 is 0 Å². The zero-order valence-corrected chi connectivity index (χ0v) is 10.4. The Morgan fingerprint density at radius 1 is 1.50 bits per heavy atom. The molecule has 1 heterocycles. The minimum absolute atomic E-state index is 0.537. The smallest absolute Gasteiger partial charge is 0.140 e. The van der Waals surface area contributed by atoms with Crippen molar-refractivity contribution in [3.8, 4) is 0 Å². The van der Waals surface area contributed by atoms with Gasteiger partial charge in [0.1, 0.15) is 12.2 Å². The Bertz CT molecular complexity index is 328. The maximum absolute atomic E-state index is 4.29. The molecule has 1 aromatic heterocycles. The molecule has 0 aromatic carbocycles. The first-order chi connectivity index (χ1) is 7.73. The quantitative estimate of drug-likeness (QED) is 0.800. The van der Waals surface area contributed by atoms with Gasteiger partial charge in [-0.25, -0.2) is 9.67 Å². The molecular weight excluding hydrogens is 200 g/mol. The average Bonchev–Trinajstić information content (AvgIpc) is 2.64. The van der Waals surface area contributed by atoms with E-state index in [1.165, 1.54) is 19.3 Å². The van der Waals surface area contributed by atoms with Gasteiger partial charge >= 0.3 is 0 Å². The van der Waals surface area contributed by atoms with E-state index in [0.717, 1.165) is 31.9 Å². The van der Waals surface area contributed by atoms with Crippen molar-refractivity contribution in [2.75, 3.05) is 6.54 Å². The molecule has 1 aliphatic rings. The van der Waals surface area contributed by atoms with Crippen molar-refractivity contribution >= 4 is 0 Å². The SMILES string of the molecule is CCCn1ncnc1CNCC1(C)CCC1. The predicted octanol–water partition coefficient (Wildman–Crippen LogP) is 1.97. The van der Waals surface area contributed by atoms with E-state index in [4.69, 9.17) is 0 Å². The van der Waals surface area contributed by atoms with Crippen LogP contribution in [0.15, 0.2) is 6.33 Å². The van der Waals surface area contributed by atoms with Crippen LogP contribution < -0.4 is 5.32 Å². The molecule has 0 saturated heterocycles. The first-order valence-electron chi connectivity index (χ1n) is 6.31. The van der Waals surface area contributed by atoms with Crippen LogP contribution in [0.3, 0.4) is 0 Å². The van der Waals surface area contributed by atoms with Gasteiger partial charge in [0, 0.05) is 13.1 Å². The zero-order valence-electron chi connectivity index (χ0n) is 10.4. The average molecular weight is 222 g/mol. The summed E-state index contributed by atoms with van der Waals surface area (Å²) in [4.78, 5) is 4.29. The number of aryl methyl sites for hydroxylation is 1. The Hall–Kier alpha value is -0.900. The van der Waals surface area contributed by atoms with Gasteiger partial charge in [0.25, 0.3) is 0 Å². The van der Waals surface area contributed by atoms with Crippen LogP contribution in [0, 0.1) is 5.41 Å². The first-order valence-corrected chi connectivity index (χ1v) is 6.31. The Morgan fingerprint density at radius 2 is 2.31 bits per heavy atom. The van der Waals surface area contributed by atoms with Crippen molar-refractivity contribution in [2.45, 2.75) is 52.6 Å². The van der Waals surface area contributed by atoms with Gasteiger partial charge < -0.3 is 5.32 Å². The monoisotopic (exact) mass is 222 g/mol. The second kappa shape index (κ2) is 4.95. The lowest BCUT2D eigenvalue weighted by Gasteiger charge is -2.38. The largest absolute Gasteiger partial charge is 0.309 e. The highest BCUT2D eigenvalue weighted by atomic mass is 15.3. The van der Waals surface area contributed by atoms with Gasteiger partial charge in [0.05, 0.1) is 6.54 Å². The molecule has 0 amide bonds. The number of hydrogen-bond donors (Lipinski definition) is 1. The summed E-state index contributed by atoms with van der Waals surface area (Å²) in [6.45, 7) is 7.43. The van der Waals surface area contributed by atoms with Crippen LogP contribution in [0.25, 0.3) is 0 Å². The van der Waals surface area contributed by atoms with Crippen LogP contribution in [0.5, 0.6) is 0 Å². The third kappa shape index (κ3) is 2.61. The minimum atomic E-state index is 0.537. The van der Waals surface area contributed by atoms with Crippen LogP contribution in [-0.2, 0) is 13.1 Å². The summed E-state index contributed by atoms with van der Waals surface area (Å²) in [5.41, 5.74) is 0.537. The molecule has 90 valence electrons. The summed E-state index contributed by atoms with van der Waals surface area (Å²) in [6, 6.07) is 0. The lowest BCUT2D eigenvalue weighted by Crippen LogP contribution is -2.37.